The average molecular weight is 643 g/mol. The van der Waals surface area contributed by atoms with Gasteiger partial charge in [0.2, 0.25) is 0 Å². The molecule has 11 rings (SSSR count). The highest BCUT2D eigenvalue weighted by molar-refractivity contribution is 6.13. The van der Waals surface area contributed by atoms with E-state index in [1.54, 1.807) is 0 Å². The summed E-state index contributed by atoms with van der Waals surface area (Å²) in [6, 6.07) is 47.1. The fourth-order valence-electron chi connectivity index (χ4n) is 8.28. The van der Waals surface area contributed by atoms with Gasteiger partial charge in [0.1, 0.15) is 22.3 Å². The number of aromatic nitrogens is 2. The maximum Gasteiger partial charge on any atom is 0.143 e. The van der Waals surface area contributed by atoms with Crippen LogP contribution in [0, 0.1) is 0 Å². The van der Waals surface area contributed by atoms with Crippen LogP contribution in [0.1, 0.15) is 24.0 Å². The Hall–Kier alpha value is -6.26. The van der Waals surface area contributed by atoms with Crippen LogP contribution in [0.5, 0.6) is 0 Å². The molecule has 0 radical (unpaired) electrons. The van der Waals surface area contributed by atoms with E-state index in [9.17, 15) is 0 Å². The molecule has 0 atom stereocenters. The first-order valence-electron chi connectivity index (χ1n) is 17.5. The van der Waals surface area contributed by atoms with E-state index in [1.165, 1.54) is 11.1 Å². The molecule has 0 aliphatic heterocycles. The van der Waals surface area contributed by atoms with Crippen molar-refractivity contribution in [2.45, 2.75) is 25.7 Å². The van der Waals surface area contributed by atoms with E-state index in [4.69, 9.17) is 18.8 Å². The van der Waals surface area contributed by atoms with Crippen LogP contribution < -0.4 is 0 Å². The van der Waals surface area contributed by atoms with Gasteiger partial charge in [-0.25, -0.2) is 9.97 Å². The van der Waals surface area contributed by atoms with Gasteiger partial charge in [0.15, 0.2) is 0 Å². The van der Waals surface area contributed by atoms with Crippen molar-refractivity contribution in [2.75, 3.05) is 0 Å². The standard InChI is InChI=1S/C46H30N2O2/c1-2-12-28-26-38-30(34-18-8-20-36-32-14-4-6-24-42(32)50-46(34)36)16-10-22-40(38)48-44(28)43-27(11-1)25-37-29(15-9-21-39(37)47-43)33-17-7-19-35-31-13-3-5-23-41(31)49-45(33)35/h3-10,13-26H,1-2,11-12H2. The number of para-hydroxylation sites is 4. The molecule has 0 saturated carbocycles. The molecule has 1 aliphatic carbocycles. The van der Waals surface area contributed by atoms with Crippen molar-refractivity contribution in [3.63, 3.8) is 0 Å². The third-order valence-electron chi connectivity index (χ3n) is 10.6. The van der Waals surface area contributed by atoms with Crippen LogP contribution in [0.2, 0.25) is 0 Å². The van der Waals surface area contributed by atoms with Crippen LogP contribution in [0.3, 0.4) is 0 Å². The number of rotatable bonds is 2. The van der Waals surface area contributed by atoms with Crippen molar-refractivity contribution in [3.8, 4) is 33.6 Å². The van der Waals surface area contributed by atoms with Gasteiger partial charge in [-0.2, -0.15) is 0 Å². The zero-order valence-electron chi connectivity index (χ0n) is 27.2. The largest absolute Gasteiger partial charge is 0.455 e. The van der Waals surface area contributed by atoms with Gasteiger partial charge in [-0.1, -0.05) is 97.1 Å². The van der Waals surface area contributed by atoms with E-state index in [-0.39, 0.29) is 0 Å². The number of fused-ring (bicyclic) bond motifs is 11. The van der Waals surface area contributed by atoms with E-state index < -0.39 is 0 Å². The monoisotopic (exact) mass is 642 g/mol. The summed E-state index contributed by atoms with van der Waals surface area (Å²) < 4.78 is 12.9. The fourth-order valence-corrected chi connectivity index (χ4v) is 8.28. The second-order valence-corrected chi connectivity index (χ2v) is 13.5. The second-order valence-electron chi connectivity index (χ2n) is 13.5. The molecule has 236 valence electrons. The first kappa shape index (κ1) is 27.7. The van der Waals surface area contributed by atoms with Crippen LogP contribution in [0.15, 0.2) is 142 Å². The van der Waals surface area contributed by atoms with Gasteiger partial charge in [-0.15, -0.1) is 0 Å². The van der Waals surface area contributed by atoms with Gasteiger partial charge in [0, 0.05) is 43.4 Å². The quantitative estimate of drug-likeness (QED) is 0.188. The lowest BCUT2D eigenvalue weighted by Crippen LogP contribution is -2.05. The molecule has 0 amide bonds. The number of furan rings is 2. The molecule has 0 unspecified atom stereocenters. The van der Waals surface area contributed by atoms with Gasteiger partial charge < -0.3 is 8.83 Å². The lowest BCUT2D eigenvalue weighted by atomic mass is 9.90. The maximum absolute atomic E-state index is 6.47. The number of benzene rings is 6. The maximum atomic E-state index is 6.47. The van der Waals surface area contributed by atoms with Crippen molar-refractivity contribution in [3.05, 3.63) is 145 Å². The summed E-state index contributed by atoms with van der Waals surface area (Å²) in [6.07, 6.45) is 4.13. The Morgan fingerprint density at radius 2 is 0.800 bits per heavy atom. The summed E-state index contributed by atoms with van der Waals surface area (Å²) in [5.41, 5.74) is 14.5. The number of nitrogens with zero attached hydrogens (tertiary/aromatic N) is 2. The molecule has 0 spiro atoms. The number of hydrogen-bond donors (Lipinski definition) is 0. The Morgan fingerprint density at radius 3 is 1.30 bits per heavy atom. The summed E-state index contributed by atoms with van der Waals surface area (Å²) in [5, 5.41) is 6.83. The molecular weight excluding hydrogens is 613 g/mol. The zero-order chi connectivity index (χ0) is 32.8. The first-order valence-corrected chi connectivity index (χ1v) is 17.5. The van der Waals surface area contributed by atoms with Crippen LogP contribution in [-0.4, -0.2) is 9.97 Å². The zero-order valence-corrected chi connectivity index (χ0v) is 27.2. The molecule has 0 bridgehead atoms. The Morgan fingerprint density at radius 1 is 0.380 bits per heavy atom. The lowest BCUT2D eigenvalue weighted by Gasteiger charge is -2.19. The van der Waals surface area contributed by atoms with Crippen LogP contribution in [0.25, 0.3) is 99.3 Å². The molecule has 4 heterocycles. The Kier molecular flexibility index (Phi) is 5.88. The van der Waals surface area contributed by atoms with Crippen LogP contribution >= 0.6 is 0 Å². The SMILES string of the molecule is c1cc(-c2cccc3c2oc2ccccc23)c2cc3c(nc2c1)-c1nc2cccc(-c4cccc5c4oc4ccccc45)c2cc1CCCC3. The predicted molar refractivity (Wildman–Crippen MR) is 205 cm³/mol. The Bertz CT molecular complexity index is 2800. The van der Waals surface area contributed by atoms with Gasteiger partial charge in [-0.05, 0) is 84.3 Å². The molecule has 4 aromatic heterocycles. The molecule has 0 fully saturated rings. The van der Waals surface area contributed by atoms with Gasteiger partial charge >= 0.3 is 0 Å². The summed E-state index contributed by atoms with van der Waals surface area (Å²) in [4.78, 5) is 10.8. The van der Waals surface area contributed by atoms with Crippen molar-refractivity contribution in [1.29, 1.82) is 0 Å². The number of aryl methyl sites for hydroxylation is 2. The smallest absolute Gasteiger partial charge is 0.143 e. The van der Waals surface area contributed by atoms with Gasteiger partial charge in [0.05, 0.1) is 22.4 Å². The average Bonchev–Trinajstić information content (AvgIpc) is 3.73. The first-order chi connectivity index (χ1) is 24.8. The van der Waals surface area contributed by atoms with Crippen LogP contribution in [-0.2, 0) is 12.8 Å². The summed E-state index contributed by atoms with van der Waals surface area (Å²) >= 11 is 0. The molecule has 6 aromatic carbocycles. The van der Waals surface area contributed by atoms with Crippen molar-refractivity contribution >= 4 is 65.7 Å². The predicted octanol–water partition coefficient (Wildman–Crippen LogP) is 12.5. The molecule has 4 heteroatoms. The third kappa shape index (κ3) is 4.05. The molecular formula is C46H30N2O2. The number of hydrogen-bond acceptors (Lipinski definition) is 4. The van der Waals surface area contributed by atoms with Crippen LogP contribution in [0.4, 0.5) is 0 Å². The molecule has 0 saturated heterocycles. The van der Waals surface area contributed by atoms with Crippen molar-refractivity contribution < 1.29 is 8.83 Å². The molecule has 10 aromatic rings. The normalized spacial score (nSPS) is 13.3. The minimum atomic E-state index is 0.908. The summed E-state index contributed by atoms with van der Waals surface area (Å²) in [5.74, 6) is 0. The lowest BCUT2D eigenvalue weighted by molar-refractivity contribution is 0.669. The molecule has 50 heavy (non-hydrogen) atoms. The minimum Gasteiger partial charge on any atom is -0.455 e. The highest BCUT2D eigenvalue weighted by Gasteiger charge is 2.22. The van der Waals surface area contributed by atoms with E-state index in [2.05, 4.69) is 109 Å². The van der Waals surface area contributed by atoms with Gasteiger partial charge in [0.25, 0.3) is 0 Å². The highest BCUT2D eigenvalue weighted by atomic mass is 16.3. The van der Waals surface area contributed by atoms with E-state index >= 15 is 0 Å². The number of pyridine rings is 2. The molecule has 1 aliphatic rings. The summed E-state index contributed by atoms with van der Waals surface area (Å²) in [6.45, 7) is 0. The van der Waals surface area contributed by atoms with E-state index in [1.807, 2.05) is 24.3 Å². The minimum absolute atomic E-state index is 0.908. The topological polar surface area (TPSA) is 52.1 Å². The summed E-state index contributed by atoms with van der Waals surface area (Å²) in [7, 11) is 0. The second kappa shape index (κ2) is 10.6. The highest BCUT2D eigenvalue weighted by Crippen LogP contribution is 2.42. The third-order valence-corrected chi connectivity index (χ3v) is 10.6. The molecule has 0 N–H and O–H groups in total. The van der Waals surface area contributed by atoms with E-state index in [0.717, 1.165) is 125 Å². The Balaban J connectivity index is 1.10. The Labute approximate surface area is 287 Å². The van der Waals surface area contributed by atoms with E-state index in [0.29, 0.717) is 0 Å². The van der Waals surface area contributed by atoms with Crippen molar-refractivity contribution in [2.24, 2.45) is 0 Å². The van der Waals surface area contributed by atoms with Gasteiger partial charge in [-0.3, -0.25) is 0 Å². The van der Waals surface area contributed by atoms with Crippen molar-refractivity contribution in [1.82, 2.24) is 9.97 Å². The fraction of sp³-hybridized carbons (Fsp3) is 0.0870. The molecule has 4 nitrogen and oxygen atoms in total.